The molecule has 4 rings (SSSR count). The van der Waals surface area contributed by atoms with Crippen LogP contribution in [0.25, 0.3) is 10.9 Å². The second kappa shape index (κ2) is 8.05. The number of methoxy groups -OCH3 is 2. The monoisotopic (exact) mass is 395 g/mol. The lowest BCUT2D eigenvalue weighted by Crippen LogP contribution is -2.49. The van der Waals surface area contributed by atoms with Gasteiger partial charge in [0.15, 0.2) is 0 Å². The molecule has 29 heavy (non-hydrogen) atoms. The third-order valence-electron chi connectivity index (χ3n) is 5.55. The smallest absolute Gasteiger partial charge is 0.325 e. The number of carboxylic acids is 1. The molecule has 7 heteroatoms. The van der Waals surface area contributed by atoms with E-state index in [1.54, 1.807) is 20.4 Å². The molecule has 2 aromatic carbocycles. The molecule has 0 aliphatic carbocycles. The molecule has 1 aromatic heterocycles. The van der Waals surface area contributed by atoms with Gasteiger partial charge in [-0.25, -0.2) is 0 Å². The topological polar surface area (TPSA) is 78.0 Å². The van der Waals surface area contributed by atoms with Crippen LogP contribution in [0.4, 0.5) is 5.69 Å². The largest absolute Gasteiger partial charge is 0.497 e. The molecule has 1 saturated heterocycles. The lowest BCUT2D eigenvalue weighted by molar-refractivity contribution is -0.143. The first kappa shape index (κ1) is 19.1. The number of nitrogens with zero attached hydrogens (tertiary/aromatic N) is 2. The zero-order valence-corrected chi connectivity index (χ0v) is 16.6. The molecule has 2 heterocycles. The van der Waals surface area contributed by atoms with Crippen molar-refractivity contribution in [3.8, 4) is 11.5 Å². The number of carboxylic acid groups (broad SMARTS) is 1. The number of aliphatic carboxylic acids is 1. The van der Waals surface area contributed by atoms with E-state index in [0.717, 1.165) is 41.0 Å². The van der Waals surface area contributed by atoms with Crippen molar-refractivity contribution in [3.05, 3.63) is 54.2 Å². The Labute approximate surface area is 169 Å². The second-order valence-corrected chi connectivity index (χ2v) is 7.12. The summed E-state index contributed by atoms with van der Waals surface area (Å²) in [6, 6.07) is 12.9. The third kappa shape index (κ3) is 3.73. The number of aromatic nitrogens is 1. The minimum atomic E-state index is -0.844. The van der Waals surface area contributed by atoms with E-state index in [9.17, 15) is 9.90 Å². The van der Waals surface area contributed by atoms with E-state index >= 15 is 0 Å². The molecule has 1 aliphatic heterocycles. The fourth-order valence-electron chi connectivity index (χ4n) is 4.01. The van der Waals surface area contributed by atoms with Gasteiger partial charge < -0.3 is 24.5 Å². The maximum atomic E-state index is 12.2. The van der Waals surface area contributed by atoms with Gasteiger partial charge in [0.2, 0.25) is 0 Å². The van der Waals surface area contributed by atoms with Gasteiger partial charge in [0.05, 0.1) is 14.2 Å². The molecule has 1 atom stereocenters. The number of fused-ring (bicyclic) bond motifs is 1. The molecule has 152 valence electrons. The highest BCUT2D eigenvalue weighted by molar-refractivity contribution is 5.90. The van der Waals surface area contributed by atoms with Crippen molar-refractivity contribution in [1.82, 2.24) is 9.88 Å². The summed E-state index contributed by atoms with van der Waals surface area (Å²) >= 11 is 0. The van der Waals surface area contributed by atoms with Crippen molar-refractivity contribution in [2.24, 2.45) is 0 Å². The lowest BCUT2D eigenvalue weighted by Gasteiger charge is -2.38. The average Bonchev–Trinajstić information content (AvgIpc) is 3.17. The highest BCUT2D eigenvalue weighted by Crippen LogP contribution is 2.32. The average molecular weight is 395 g/mol. The molecular formula is C22H25N3O4. The van der Waals surface area contributed by atoms with Gasteiger partial charge in [-0.1, -0.05) is 6.07 Å². The van der Waals surface area contributed by atoms with Crippen LogP contribution in [0.1, 0.15) is 11.6 Å². The third-order valence-corrected chi connectivity index (χ3v) is 5.55. The molecule has 2 N–H and O–H groups in total. The van der Waals surface area contributed by atoms with E-state index < -0.39 is 12.0 Å². The number of nitrogens with one attached hydrogen (secondary N) is 1. The standard InChI is InChI=1S/C22H25N3O4/c1-28-16-5-3-4-15(12-16)24-8-10-25(11-9-24)21(22(26)27)19-14-23-20-7-6-17(29-2)13-18(19)20/h3-7,12-14,21,23H,8-11H2,1-2H3,(H,26,27)/t21-/m0/s1. The number of aromatic amines is 1. The first-order valence-corrected chi connectivity index (χ1v) is 9.61. The normalized spacial score (nSPS) is 16.0. The summed E-state index contributed by atoms with van der Waals surface area (Å²) in [6.45, 7) is 2.82. The zero-order chi connectivity index (χ0) is 20.4. The van der Waals surface area contributed by atoms with Gasteiger partial charge in [0.25, 0.3) is 0 Å². The van der Waals surface area contributed by atoms with Gasteiger partial charge in [0.1, 0.15) is 17.5 Å². The van der Waals surface area contributed by atoms with Crippen LogP contribution in [0.15, 0.2) is 48.7 Å². The molecule has 0 unspecified atom stereocenters. The number of ether oxygens (including phenoxy) is 2. The Balaban J connectivity index is 1.56. The van der Waals surface area contributed by atoms with E-state index in [1.165, 1.54) is 0 Å². The summed E-state index contributed by atoms with van der Waals surface area (Å²) in [7, 11) is 3.27. The van der Waals surface area contributed by atoms with Crippen LogP contribution >= 0.6 is 0 Å². The quantitative estimate of drug-likeness (QED) is 0.668. The molecular weight excluding hydrogens is 370 g/mol. The SMILES string of the molecule is COc1cccc(N2CCN([C@H](C(=O)O)c3c[nH]c4ccc(OC)cc34)CC2)c1. The summed E-state index contributed by atoms with van der Waals surface area (Å²) in [4.78, 5) is 19.7. The molecule has 0 amide bonds. The van der Waals surface area contributed by atoms with E-state index in [1.807, 2.05) is 41.3 Å². The van der Waals surface area contributed by atoms with Crippen LogP contribution in [0.5, 0.6) is 11.5 Å². The van der Waals surface area contributed by atoms with E-state index in [0.29, 0.717) is 18.8 Å². The molecule has 0 bridgehead atoms. The number of H-pyrrole nitrogens is 1. The second-order valence-electron chi connectivity index (χ2n) is 7.12. The van der Waals surface area contributed by atoms with Crippen LogP contribution in [0, 0.1) is 0 Å². The van der Waals surface area contributed by atoms with Crippen molar-refractivity contribution >= 4 is 22.6 Å². The van der Waals surface area contributed by atoms with Crippen molar-refractivity contribution in [1.29, 1.82) is 0 Å². The highest BCUT2D eigenvalue weighted by Gasteiger charge is 2.32. The first-order valence-electron chi connectivity index (χ1n) is 9.61. The number of benzene rings is 2. The minimum Gasteiger partial charge on any atom is -0.497 e. The summed E-state index contributed by atoms with van der Waals surface area (Å²) in [6.07, 6.45) is 1.80. The summed E-state index contributed by atoms with van der Waals surface area (Å²) in [5, 5.41) is 10.9. The van der Waals surface area contributed by atoms with Gasteiger partial charge >= 0.3 is 5.97 Å². The Hall–Kier alpha value is -3.19. The zero-order valence-electron chi connectivity index (χ0n) is 16.6. The first-order chi connectivity index (χ1) is 14.1. The summed E-state index contributed by atoms with van der Waals surface area (Å²) in [5.74, 6) is 0.690. The van der Waals surface area contributed by atoms with Crippen LogP contribution in [0.2, 0.25) is 0 Å². The molecule has 1 fully saturated rings. The molecule has 0 radical (unpaired) electrons. The Morgan fingerprint density at radius 2 is 1.76 bits per heavy atom. The highest BCUT2D eigenvalue weighted by atomic mass is 16.5. The van der Waals surface area contributed by atoms with Crippen LogP contribution in [0.3, 0.4) is 0 Å². The Kier molecular flexibility index (Phi) is 5.31. The number of hydrogen-bond donors (Lipinski definition) is 2. The van der Waals surface area contributed by atoms with Crippen LogP contribution < -0.4 is 14.4 Å². The number of anilines is 1. The fraction of sp³-hybridized carbons (Fsp3) is 0.318. The molecule has 0 saturated carbocycles. The summed E-state index contributed by atoms with van der Waals surface area (Å²) in [5.41, 5.74) is 2.76. The van der Waals surface area contributed by atoms with Gasteiger partial charge in [-0.05, 0) is 30.3 Å². The Bertz CT molecular complexity index is 1010. The van der Waals surface area contributed by atoms with Crippen molar-refractivity contribution in [3.63, 3.8) is 0 Å². The predicted octanol–water partition coefficient (Wildman–Crippen LogP) is 3.13. The molecule has 0 spiro atoms. The van der Waals surface area contributed by atoms with E-state index in [-0.39, 0.29) is 0 Å². The van der Waals surface area contributed by atoms with Gasteiger partial charge in [-0.15, -0.1) is 0 Å². The lowest BCUT2D eigenvalue weighted by atomic mass is 10.0. The number of piperazine rings is 1. The number of carbonyl (C=O) groups is 1. The maximum Gasteiger partial charge on any atom is 0.325 e. The molecule has 7 nitrogen and oxygen atoms in total. The Morgan fingerprint density at radius 3 is 2.45 bits per heavy atom. The van der Waals surface area contributed by atoms with Gasteiger partial charge in [-0.3, -0.25) is 9.69 Å². The van der Waals surface area contributed by atoms with E-state index in [2.05, 4.69) is 16.0 Å². The minimum absolute atomic E-state index is 0.658. The maximum absolute atomic E-state index is 12.2. The van der Waals surface area contributed by atoms with Crippen molar-refractivity contribution < 1.29 is 19.4 Å². The van der Waals surface area contributed by atoms with Crippen LogP contribution in [-0.2, 0) is 4.79 Å². The number of hydrogen-bond acceptors (Lipinski definition) is 5. The van der Waals surface area contributed by atoms with Gasteiger partial charge in [-0.2, -0.15) is 0 Å². The fourth-order valence-corrected chi connectivity index (χ4v) is 4.01. The molecule has 3 aromatic rings. The number of rotatable bonds is 6. The van der Waals surface area contributed by atoms with E-state index in [4.69, 9.17) is 9.47 Å². The van der Waals surface area contributed by atoms with Gasteiger partial charge in [0, 0.05) is 60.6 Å². The summed E-state index contributed by atoms with van der Waals surface area (Å²) < 4.78 is 10.6. The predicted molar refractivity (Wildman–Crippen MR) is 112 cm³/mol. The van der Waals surface area contributed by atoms with Crippen LogP contribution in [-0.4, -0.2) is 61.4 Å². The van der Waals surface area contributed by atoms with Crippen molar-refractivity contribution in [2.45, 2.75) is 6.04 Å². The van der Waals surface area contributed by atoms with Crippen molar-refractivity contribution in [2.75, 3.05) is 45.3 Å². The Morgan fingerprint density at radius 1 is 1.03 bits per heavy atom. The molecule has 1 aliphatic rings.